The molecule has 1 aliphatic rings. The summed E-state index contributed by atoms with van der Waals surface area (Å²) in [6.07, 6.45) is 0.658. The molecule has 0 amide bonds. The van der Waals surface area contributed by atoms with Crippen LogP contribution in [0.5, 0.6) is 0 Å². The summed E-state index contributed by atoms with van der Waals surface area (Å²) in [5.41, 5.74) is 0.441. The Hall–Kier alpha value is -0.0251. The number of hydrogen-bond donors (Lipinski definition) is 0. The summed E-state index contributed by atoms with van der Waals surface area (Å²) >= 11 is 9.64. The maximum Gasteiger partial charge on any atom is 0.462 e. The second-order valence-electron chi connectivity index (χ2n) is 5.63. The van der Waals surface area contributed by atoms with Gasteiger partial charge >= 0.3 is 7.12 Å². The third-order valence-electron chi connectivity index (χ3n) is 3.70. The van der Waals surface area contributed by atoms with Crippen LogP contribution in [0.2, 0.25) is 5.02 Å². The Balaban J connectivity index is 2.15. The van der Waals surface area contributed by atoms with E-state index in [4.69, 9.17) is 20.9 Å². The lowest BCUT2D eigenvalue weighted by molar-refractivity contribution is 0.00578. The topological polar surface area (TPSA) is 18.5 Å². The lowest BCUT2D eigenvalue weighted by atomic mass is 9.81. The van der Waals surface area contributed by atoms with E-state index < -0.39 is 0 Å². The van der Waals surface area contributed by atoms with Crippen molar-refractivity contribution in [3.05, 3.63) is 33.3 Å². The maximum absolute atomic E-state index is 6.18. The second kappa shape index (κ2) is 4.82. The summed E-state index contributed by atoms with van der Waals surface area (Å²) in [4.78, 5) is 0. The predicted molar refractivity (Wildman–Crippen MR) is 78.9 cm³/mol. The molecule has 2 rings (SSSR count). The van der Waals surface area contributed by atoms with Gasteiger partial charge in [-0.3, -0.25) is 0 Å². The molecule has 0 unspecified atom stereocenters. The highest BCUT2D eigenvalue weighted by molar-refractivity contribution is 9.10. The van der Waals surface area contributed by atoms with Gasteiger partial charge in [0, 0.05) is 15.8 Å². The molecule has 0 atom stereocenters. The average Bonchev–Trinajstić information content (AvgIpc) is 2.41. The zero-order valence-electron chi connectivity index (χ0n) is 11.1. The predicted octanol–water partition coefficient (Wildman–Crippen LogP) is 4.28. The van der Waals surface area contributed by atoms with Crippen molar-refractivity contribution in [1.29, 1.82) is 0 Å². The van der Waals surface area contributed by atoms with Crippen LogP contribution in [0.4, 0.5) is 0 Å². The molecule has 5 heteroatoms. The van der Waals surface area contributed by atoms with Gasteiger partial charge in [0.2, 0.25) is 0 Å². The fourth-order valence-corrected chi connectivity index (χ4v) is 2.53. The van der Waals surface area contributed by atoms with E-state index in [1.165, 1.54) is 0 Å². The number of hydrogen-bond acceptors (Lipinski definition) is 2. The third kappa shape index (κ3) is 2.77. The summed E-state index contributed by atoms with van der Waals surface area (Å²) in [5.74, 6) is 0. The summed E-state index contributed by atoms with van der Waals surface area (Å²) in [6, 6.07) is 5.82. The van der Waals surface area contributed by atoms with Crippen LogP contribution in [-0.4, -0.2) is 18.3 Å². The quantitative estimate of drug-likeness (QED) is 0.753. The molecule has 0 spiro atoms. The van der Waals surface area contributed by atoms with Crippen molar-refractivity contribution >= 4 is 34.6 Å². The van der Waals surface area contributed by atoms with Crippen LogP contribution < -0.4 is 0 Å². The first-order valence-corrected chi connectivity index (χ1v) is 7.18. The van der Waals surface area contributed by atoms with Crippen LogP contribution in [0.1, 0.15) is 33.3 Å². The van der Waals surface area contributed by atoms with E-state index in [-0.39, 0.29) is 18.3 Å². The minimum absolute atomic E-state index is 0.248. The highest BCUT2D eigenvalue weighted by atomic mass is 79.9. The van der Waals surface area contributed by atoms with Crippen molar-refractivity contribution < 1.29 is 9.31 Å². The molecule has 1 aromatic carbocycles. The van der Waals surface area contributed by atoms with Crippen molar-refractivity contribution in [1.82, 2.24) is 0 Å². The Kier molecular flexibility index (Phi) is 3.85. The Bertz CT molecular complexity index is 446. The Morgan fingerprint density at radius 2 is 1.72 bits per heavy atom. The fourth-order valence-electron chi connectivity index (χ4n) is 1.93. The molecule has 0 saturated carbocycles. The molecule has 1 aliphatic heterocycles. The number of rotatable bonds is 2. The van der Waals surface area contributed by atoms with Crippen molar-refractivity contribution in [3.63, 3.8) is 0 Å². The monoisotopic (exact) mass is 330 g/mol. The van der Waals surface area contributed by atoms with E-state index in [1.54, 1.807) is 0 Å². The summed E-state index contributed by atoms with van der Waals surface area (Å²) in [6.45, 7) is 8.20. The van der Waals surface area contributed by atoms with Gasteiger partial charge in [0.15, 0.2) is 0 Å². The van der Waals surface area contributed by atoms with Gasteiger partial charge < -0.3 is 9.31 Å². The second-order valence-corrected chi connectivity index (χ2v) is 6.95. The molecule has 2 nitrogen and oxygen atoms in total. The summed E-state index contributed by atoms with van der Waals surface area (Å²) in [5, 5.41) is 0.743. The van der Waals surface area contributed by atoms with Gasteiger partial charge in [-0.2, -0.15) is 0 Å². The lowest BCUT2D eigenvalue weighted by Crippen LogP contribution is -2.41. The van der Waals surface area contributed by atoms with Gasteiger partial charge in [-0.05, 0) is 51.5 Å². The molecule has 1 heterocycles. The zero-order chi connectivity index (χ0) is 13.6. The lowest BCUT2D eigenvalue weighted by Gasteiger charge is -2.32. The molecule has 1 saturated heterocycles. The Morgan fingerprint density at radius 3 is 2.28 bits per heavy atom. The summed E-state index contributed by atoms with van der Waals surface area (Å²) < 4.78 is 12.9. The molecule has 18 heavy (non-hydrogen) atoms. The molecule has 0 radical (unpaired) electrons. The van der Waals surface area contributed by atoms with Crippen molar-refractivity contribution in [2.45, 2.75) is 45.2 Å². The van der Waals surface area contributed by atoms with Crippen molar-refractivity contribution in [3.8, 4) is 0 Å². The highest BCUT2D eigenvalue weighted by Gasteiger charge is 2.50. The van der Waals surface area contributed by atoms with Crippen molar-refractivity contribution in [2.24, 2.45) is 0 Å². The van der Waals surface area contributed by atoms with Gasteiger partial charge in [0.25, 0.3) is 0 Å². The van der Waals surface area contributed by atoms with Gasteiger partial charge in [-0.25, -0.2) is 0 Å². The number of benzene rings is 1. The van der Waals surface area contributed by atoms with Crippen LogP contribution >= 0.6 is 27.5 Å². The SMILES string of the molecule is CC1(C)OB(Cc2cc(Br)ccc2Cl)OC1(C)C. The largest absolute Gasteiger partial charge is 0.462 e. The van der Waals surface area contributed by atoms with Crippen LogP contribution in [0.25, 0.3) is 0 Å². The molecular weight excluding hydrogens is 314 g/mol. The van der Waals surface area contributed by atoms with Crippen LogP contribution in [0.15, 0.2) is 22.7 Å². The molecule has 0 aromatic heterocycles. The third-order valence-corrected chi connectivity index (χ3v) is 4.56. The van der Waals surface area contributed by atoms with E-state index in [0.29, 0.717) is 6.32 Å². The Morgan fingerprint density at radius 1 is 1.17 bits per heavy atom. The van der Waals surface area contributed by atoms with E-state index in [2.05, 4.69) is 43.6 Å². The minimum Gasteiger partial charge on any atom is -0.403 e. The summed E-state index contributed by atoms with van der Waals surface area (Å²) in [7, 11) is -0.248. The van der Waals surface area contributed by atoms with Crippen LogP contribution in [0.3, 0.4) is 0 Å². The average molecular weight is 331 g/mol. The molecule has 1 aromatic rings. The molecule has 98 valence electrons. The Labute approximate surface area is 122 Å². The maximum atomic E-state index is 6.18. The molecular formula is C13H17BBrClO2. The number of halogens is 2. The zero-order valence-corrected chi connectivity index (χ0v) is 13.4. The first-order chi connectivity index (χ1) is 8.21. The first kappa shape index (κ1) is 14.4. The van der Waals surface area contributed by atoms with Crippen LogP contribution in [0, 0.1) is 0 Å². The van der Waals surface area contributed by atoms with Crippen molar-refractivity contribution in [2.75, 3.05) is 0 Å². The van der Waals surface area contributed by atoms with E-state index in [9.17, 15) is 0 Å². The minimum atomic E-state index is -0.295. The van der Waals surface area contributed by atoms with Gasteiger partial charge in [-0.1, -0.05) is 27.5 Å². The molecule has 0 N–H and O–H groups in total. The molecule has 0 aliphatic carbocycles. The molecule has 1 fully saturated rings. The van der Waals surface area contributed by atoms with Gasteiger partial charge in [0.1, 0.15) is 0 Å². The van der Waals surface area contributed by atoms with Gasteiger partial charge in [-0.15, -0.1) is 0 Å². The first-order valence-electron chi connectivity index (χ1n) is 6.01. The van der Waals surface area contributed by atoms with E-state index in [1.807, 2.05) is 18.2 Å². The molecule has 0 bridgehead atoms. The highest BCUT2D eigenvalue weighted by Crippen LogP contribution is 2.38. The van der Waals surface area contributed by atoms with Gasteiger partial charge in [0.05, 0.1) is 11.2 Å². The fraction of sp³-hybridized carbons (Fsp3) is 0.538. The standard InChI is InChI=1S/C13H17BBrClO2/c1-12(2)13(3,4)18-14(17-12)8-9-7-10(15)5-6-11(9)16/h5-7H,8H2,1-4H3. The normalized spacial score (nSPS) is 21.3. The van der Waals surface area contributed by atoms with E-state index >= 15 is 0 Å². The van der Waals surface area contributed by atoms with E-state index in [0.717, 1.165) is 15.1 Å². The smallest absolute Gasteiger partial charge is 0.403 e. The van der Waals surface area contributed by atoms with Crippen LogP contribution in [-0.2, 0) is 15.6 Å².